The maximum absolute atomic E-state index is 5.89. The number of halogens is 2. The molecule has 0 amide bonds. The molecular weight excluding hydrogens is 367 g/mol. The van der Waals surface area contributed by atoms with Crippen LogP contribution < -0.4 is 10.6 Å². The first-order valence-electron chi connectivity index (χ1n) is 5.33. The second kappa shape index (κ2) is 5.85. The van der Waals surface area contributed by atoms with Crippen LogP contribution in [0.4, 0.5) is 11.7 Å². The molecule has 1 aromatic carbocycles. The van der Waals surface area contributed by atoms with Crippen molar-refractivity contribution in [2.45, 2.75) is 13.0 Å². The summed E-state index contributed by atoms with van der Waals surface area (Å²) in [5.41, 5.74) is 0.882. The quantitative estimate of drug-likeness (QED) is 0.799. The summed E-state index contributed by atoms with van der Waals surface area (Å²) < 4.78 is 6.48. The molecule has 0 radical (unpaired) electrons. The minimum absolute atomic E-state index is 0.0253. The van der Waals surface area contributed by atoms with Crippen molar-refractivity contribution in [1.29, 1.82) is 0 Å². The van der Waals surface area contributed by atoms with E-state index in [1.165, 1.54) is 0 Å². The van der Waals surface area contributed by atoms with Gasteiger partial charge in [0.05, 0.1) is 11.7 Å². The standard InChI is InChI=1S/C11H12ClIN4O/c1-6(14-2)10-16-17-11(18-10)15-9-4-3-7(12)5-8(9)13/h3-6,14H,1-2H3,(H,15,17). The summed E-state index contributed by atoms with van der Waals surface area (Å²) in [7, 11) is 1.84. The molecule has 0 fully saturated rings. The summed E-state index contributed by atoms with van der Waals surface area (Å²) in [5, 5.41) is 14.7. The third kappa shape index (κ3) is 3.12. The fourth-order valence-corrected chi connectivity index (χ4v) is 2.30. The average molecular weight is 379 g/mol. The average Bonchev–Trinajstić information content (AvgIpc) is 2.80. The van der Waals surface area contributed by atoms with Crippen molar-refractivity contribution in [3.63, 3.8) is 0 Å². The van der Waals surface area contributed by atoms with Crippen LogP contribution in [0.3, 0.4) is 0 Å². The second-order valence-corrected chi connectivity index (χ2v) is 5.30. The van der Waals surface area contributed by atoms with Gasteiger partial charge in [-0.05, 0) is 54.8 Å². The first-order valence-corrected chi connectivity index (χ1v) is 6.78. The molecule has 0 saturated carbocycles. The number of hydrogen-bond acceptors (Lipinski definition) is 5. The van der Waals surface area contributed by atoms with E-state index in [9.17, 15) is 0 Å². The predicted molar refractivity (Wildman–Crippen MR) is 79.2 cm³/mol. The molecule has 1 unspecified atom stereocenters. The van der Waals surface area contributed by atoms with E-state index < -0.39 is 0 Å². The number of nitrogens with zero attached hydrogens (tertiary/aromatic N) is 2. The molecule has 18 heavy (non-hydrogen) atoms. The van der Waals surface area contributed by atoms with Crippen LogP contribution in [0, 0.1) is 3.57 Å². The molecule has 2 N–H and O–H groups in total. The van der Waals surface area contributed by atoms with Crippen LogP contribution in [0.15, 0.2) is 22.6 Å². The smallest absolute Gasteiger partial charge is 0.320 e. The number of anilines is 2. The third-order valence-corrected chi connectivity index (χ3v) is 3.54. The van der Waals surface area contributed by atoms with Crippen LogP contribution in [0.5, 0.6) is 0 Å². The molecule has 0 bridgehead atoms. The van der Waals surface area contributed by atoms with E-state index in [0.29, 0.717) is 16.9 Å². The van der Waals surface area contributed by atoms with Crippen LogP contribution in [-0.4, -0.2) is 17.2 Å². The van der Waals surface area contributed by atoms with Crippen molar-refractivity contribution in [3.8, 4) is 0 Å². The molecule has 0 aliphatic carbocycles. The van der Waals surface area contributed by atoms with Gasteiger partial charge < -0.3 is 15.1 Å². The van der Waals surface area contributed by atoms with Crippen LogP contribution in [0.25, 0.3) is 0 Å². The molecule has 96 valence electrons. The Morgan fingerprint density at radius 2 is 2.17 bits per heavy atom. The highest BCUT2D eigenvalue weighted by Gasteiger charge is 2.12. The van der Waals surface area contributed by atoms with Gasteiger partial charge in [-0.2, -0.15) is 0 Å². The minimum Gasteiger partial charge on any atom is -0.406 e. The number of nitrogens with one attached hydrogen (secondary N) is 2. The van der Waals surface area contributed by atoms with Crippen molar-refractivity contribution in [1.82, 2.24) is 15.5 Å². The summed E-state index contributed by atoms with van der Waals surface area (Å²) in [4.78, 5) is 0. The topological polar surface area (TPSA) is 63.0 Å². The zero-order chi connectivity index (χ0) is 13.1. The maximum atomic E-state index is 5.89. The van der Waals surface area contributed by atoms with Gasteiger partial charge in [0.25, 0.3) is 0 Å². The predicted octanol–water partition coefficient (Wildman–Crippen LogP) is 3.35. The van der Waals surface area contributed by atoms with E-state index in [2.05, 4.69) is 43.4 Å². The number of hydrogen-bond donors (Lipinski definition) is 2. The summed E-state index contributed by atoms with van der Waals surface area (Å²) in [6.07, 6.45) is 0. The SMILES string of the molecule is CNC(C)c1nnc(Nc2ccc(Cl)cc2I)o1. The highest BCUT2D eigenvalue weighted by molar-refractivity contribution is 14.1. The largest absolute Gasteiger partial charge is 0.406 e. The van der Waals surface area contributed by atoms with Crippen molar-refractivity contribution < 1.29 is 4.42 Å². The first kappa shape index (κ1) is 13.6. The van der Waals surface area contributed by atoms with E-state index >= 15 is 0 Å². The first-order chi connectivity index (χ1) is 8.60. The Morgan fingerprint density at radius 3 is 2.83 bits per heavy atom. The van der Waals surface area contributed by atoms with Gasteiger partial charge in [-0.15, -0.1) is 5.10 Å². The highest BCUT2D eigenvalue weighted by Crippen LogP contribution is 2.25. The molecule has 2 aromatic rings. The molecular formula is C11H12ClIN4O. The Morgan fingerprint density at radius 1 is 1.39 bits per heavy atom. The molecule has 5 nitrogen and oxygen atoms in total. The fourth-order valence-electron chi connectivity index (χ4n) is 1.29. The zero-order valence-corrected chi connectivity index (χ0v) is 12.8. The van der Waals surface area contributed by atoms with E-state index in [-0.39, 0.29) is 6.04 Å². The van der Waals surface area contributed by atoms with Gasteiger partial charge in [-0.25, -0.2) is 0 Å². The van der Waals surface area contributed by atoms with Gasteiger partial charge >= 0.3 is 6.01 Å². The van der Waals surface area contributed by atoms with Crippen molar-refractivity contribution >= 4 is 45.9 Å². The number of aromatic nitrogens is 2. The van der Waals surface area contributed by atoms with Crippen molar-refractivity contribution in [2.24, 2.45) is 0 Å². The molecule has 0 aliphatic rings. The lowest BCUT2D eigenvalue weighted by Crippen LogP contribution is -2.12. The molecule has 1 aromatic heterocycles. The normalized spacial score (nSPS) is 12.4. The Kier molecular flexibility index (Phi) is 4.41. The molecule has 0 aliphatic heterocycles. The van der Waals surface area contributed by atoms with Gasteiger partial charge in [0.15, 0.2) is 0 Å². The maximum Gasteiger partial charge on any atom is 0.320 e. The Hall–Kier alpha value is -0.860. The van der Waals surface area contributed by atoms with E-state index in [0.717, 1.165) is 9.26 Å². The van der Waals surface area contributed by atoms with E-state index in [1.54, 1.807) is 6.07 Å². The molecule has 0 spiro atoms. The van der Waals surface area contributed by atoms with Crippen molar-refractivity contribution in [2.75, 3.05) is 12.4 Å². The second-order valence-electron chi connectivity index (χ2n) is 3.70. The van der Waals surface area contributed by atoms with Crippen LogP contribution >= 0.6 is 34.2 Å². The zero-order valence-electron chi connectivity index (χ0n) is 9.87. The molecule has 0 saturated heterocycles. The van der Waals surface area contributed by atoms with E-state index in [1.807, 2.05) is 26.1 Å². The number of benzene rings is 1. The van der Waals surface area contributed by atoms with Crippen LogP contribution in [0.2, 0.25) is 5.02 Å². The number of rotatable bonds is 4. The fraction of sp³-hybridized carbons (Fsp3) is 0.273. The Bertz CT molecular complexity index is 546. The van der Waals surface area contributed by atoms with Gasteiger partial charge in [-0.1, -0.05) is 16.7 Å². The molecule has 7 heteroatoms. The van der Waals surface area contributed by atoms with Crippen molar-refractivity contribution in [3.05, 3.63) is 32.7 Å². The lowest BCUT2D eigenvalue weighted by atomic mass is 10.3. The monoisotopic (exact) mass is 378 g/mol. The highest BCUT2D eigenvalue weighted by atomic mass is 127. The summed E-state index contributed by atoms with van der Waals surface area (Å²) in [6.45, 7) is 1.95. The third-order valence-electron chi connectivity index (χ3n) is 2.42. The molecule has 1 heterocycles. The molecule has 1 atom stereocenters. The van der Waals surface area contributed by atoms with E-state index in [4.69, 9.17) is 16.0 Å². The van der Waals surface area contributed by atoms with Gasteiger partial charge in [-0.3, -0.25) is 0 Å². The molecule has 2 rings (SSSR count). The van der Waals surface area contributed by atoms with Gasteiger partial charge in [0, 0.05) is 8.59 Å². The minimum atomic E-state index is 0.0253. The van der Waals surface area contributed by atoms with Gasteiger partial charge in [0.1, 0.15) is 0 Å². The Labute approximate surface area is 123 Å². The van der Waals surface area contributed by atoms with Gasteiger partial charge in [0.2, 0.25) is 5.89 Å². The summed E-state index contributed by atoms with van der Waals surface area (Å²) in [5.74, 6) is 0.545. The van der Waals surface area contributed by atoms with Crippen LogP contribution in [-0.2, 0) is 0 Å². The lowest BCUT2D eigenvalue weighted by Gasteiger charge is -2.05. The Balaban J connectivity index is 2.16. The lowest BCUT2D eigenvalue weighted by molar-refractivity contribution is 0.443. The summed E-state index contributed by atoms with van der Waals surface area (Å²) >= 11 is 8.08. The van der Waals surface area contributed by atoms with Crippen LogP contribution in [0.1, 0.15) is 18.9 Å². The summed E-state index contributed by atoms with van der Waals surface area (Å²) in [6, 6.07) is 5.93.